The van der Waals surface area contributed by atoms with E-state index in [9.17, 15) is 0 Å². The molecule has 0 saturated heterocycles. The predicted molar refractivity (Wildman–Crippen MR) is 210 cm³/mol. The third kappa shape index (κ3) is 5.13. The Morgan fingerprint density at radius 2 is 1.04 bits per heavy atom. The molecule has 0 spiro atoms. The quantitative estimate of drug-likeness (QED) is 0.170. The van der Waals surface area contributed by atoms with Crippen LogP contribution >= 0.6 is 0 Å². The van der Waals surface area contributed by atoms with Crippen LogP contribution in [0.3, 0.4) is 0 Å². The molecule has 0 aliphatic carbocycles. The van der Waals surface area contributed by atoms with Crippen LogP contribution in [0.25, 0.3) is 99.8 Å². The van der Waals surface area contributed by atoms with Crippen molar-refractivity contribution in [2.24, 2.45) is 0 Å². The second kappa shape index (κ2) is 12.3. The number of pyridine rings is 3. The molecule has 4 aromatic heterocycles. The Balaban J connectivity index is 1.21. The lowest BCUT2D eigenvalue weighted by atomic mass is 9.89. The second-order valence-corrected chi connectivity index (χ2v) is 12.8. The zero-order valence-corrected chi connectivity index (χ0v) is 27.8. The average Bonchev–Trinajstić information content (AvgIpc) is 3.23. The van der Waals surface area contributed by atoms with Gasteiger partial charge in [-0.05, 0) is 81.2 Å². The molecule has 10 aromatic rings. The van der Waals surface area contributed by atoms with Gasteiger partial charge in [0.1, 0.15) is 0 Å². The summed E-state index contributed by atoms with van der Waals surface area (Å²) in [7, 11) is 0. The van der Waals surface area contributed by atoms with Gasteiger partial charge >= 0.3 is 0 Å². The molecule has 0 saturated carbocycles. The fourth-order valence-corrected chi connectivity index (χ4v) is 7.20. The molecule has 0 aliphatic rings. The van der Waals surface area contributed by atoms with Crippen LogP contribution in [0.5, 0.6) is 0 Å². The molecule has 0 atom stereocenters. The molecular formula is C46H28N6. The molecular weight excluding hydrogens is 637 g/mol. The van der Waals surface area contributed by atoms with Crippen LogP contribution in [-0.4, -0.2) is 29.9 Å². The highest BCUT2D eigenvalue weighted by atomic mass is 15.0. The van der Waals surface area contributed by atoms with E-state index in [1.165, 1.54) is 21.5 Å². The number of aromatic nitrogens is 6. The minimum atomic E-state index is 0.560. The number of hydrogen-bond donors (Lipinski definition) is 0. The zero-order chi connectivity index (χ0) is 34.4. The van der Waals surface area contributed by atoms with Gasteiger partial charge in [0.05, 0.1) is 11.2 Å². The van der Waals surface area contributed by atoms with E-state index in [4.69, 9.17) is 19.9 Å². The van der Waals surface area contributed by atoms with Gasteiger partial charge in [0.2, 0.25) is 0 Å². The molecule has 0 N–H and O–H groups in total. The van der Waals surface area contributed by atoms with E-state index in [1.54, 1.807) is 24.8 Å². The fourth-order valence-electron chi connectivity index (χ4n) is 7.20. The minimum Gasteiger partial charge on any atom is -0.265 e. The zero-order valence-electron chi connectivity index (χ0n) is 27.8. The highest BCUT2D eigenvalue weighted by Crippen LogP contribution is 2.42. The van der Waals surface area contributed by atoms with Crippen molar-refractivity contribution in [3.8, 4) is 56.5 Å². The summed E-state index contributed by atoms with van der Waals surface area (Å²) in [5.74, 6) is 1.72. The number of fused-ring (bicyclic) bond motifs is 6. The van der Waals surface area contributed by atoms with Crippen LogP contribution in [-0.2, 0) is 0 Å². The summed E-state index contributed by atoms with van der Waals surface area (Å²) < 4.78 is 0. The van der Waals surface area contributed by atoms with Crippen molar-refractivity contribution in [2.45, 2.75) is 0 Å². The lowest BCUT2D eigenvalue weighted by Crippen LogP contribution is -2.00. The number of benzene rings is 6. The largest absolute Gasteiger partial charge is 0.265 e. The van der Waals surface area contributed by atoms with Gasteiger partial charge in [-0.15, -0.1) is 0 Å². The Morgan fingerprint density at radius 3 is 1.87 bits per heavy atom. The summed E-state index contributed by atoms with van der Waals surface area (Å²) in [6.07, 6.45) is 7.02. The molecule has 242 valence electrons. The van der Waals surface area contributed by atoms with Gasteiger partial charge in [-0.2, -0.15) is 0 Å². The van der Waals surface area contributed by atoms with E-state index in [0.717, 1.165) is 60.8 Å². The molecule has 0 radical (unpaired) electrons. The summed E-state index contributed by atoms with van der Waals surface area (Å²) in [5, 5.41) is 8.17. The summed E-state index contributed by atoms with van der Waals surface area (Å²) in [4.78, 5) is 28.6. The number of rotatable bonds is 5. The predicted octanol–water partition coefficient (Wildman–Crippen LogP) is 11.0. The Hall–Kier alpha value is -7.18. The highest BCUT2D eigenvalue weighted by molar-refractivity contribution is 6.25. The van der Waals surface area contributed by atoms with Gasteiger partial charge < -0.3 is 0 Å². The summed E-state index contributed by atoms with van der Waals surface area (Å²) in [5.41, 5.74) is 7.75. The lowest BCUT2D eigenvalue weighted by Gasteiger charge is -2.17. The average molecular weight is 665 g/mol. The summed E-state index contributed by atoms with van der Waals surface area (Å²) in [6, 6.07) is 50.7. The van der Waals surface area contributed by atoms with Crippen molar-refractivity contribution in [3.63, 3.8) is 0 Å². The van der Waals surface area contributed by atoms with E-state index in [1.807, 2.05) is 24.3 Å². The van der Waals surface area contributed by atoms with Gasteiger partial charge in [0, 0.05) is 63.2 Å². The maximum Gasteiger partial charge on any atom is 0.165 e. The fraction of sp³-hybridized carbons (Fsp3) is 0. The lowest BCUT2D eigenvalue weighted by molar-refractivity contribution is 1.07. The SMILES string of the molecule is c1cncc(-c2nc(-c3ccncc3)nc(-c3cccc(-c4cc5c(-c6ccc7ccccc7c6)nc6ccccc6c5c5ccccc45)c3)n2)c1. The molecule has 0 aliphatic heterocycles. The Kier molecular flexibility index (Phi) is 7.03. The smallest absolute Gasteiger partial charge is 0.165 e. The second-order valence-electron chi connectivity index (χ2n) is 12.8. The Bertz CT molecular complexity index is 2900. The molecule has 0 amide bonds. The number of para-hydroxylation sites is 1. The van der Waals surface area contributed by atoms with Gasteiger partial charge in [-0.1, -0.05) is 97.1 Å². The van der Waals surface area contributed by atoms with Crippen molar-refractivity contribution in [1.82, 2.24) is 29.9 Å². The number of nitrogens with zero attached hydrogens (tertiary/aromatic N) is 6. The molecule has 6 heteroatoms. The van der Waals surface area contributed by atoms with Gasteiger partial charge in [0.25, 0.3) is 0 Å². The molecule has 52 heavy (non-hydrogen) atoms. The molecule has 0 fully saturated rings. The van der Waals surface area contributed by atoms with Crippen LogP contribution in [0.4, 0.5) is 0 Å². The molecule has 10 rings (SSSR count). The van der Waals surface area contributed by atoms with Crippen molar-refractivity contribution in [1.29, 1.82) is 0 Å². The van der Waals surface area contributed by atoms with Gasteiger partial charge in [-0.3, -0.25) is 9.97 Å². The molecule has 4 heterocycles. The first-order valence-corrected chi connectivity index (χ1v) is 17.2. The topological polar surface area (TPSA) is 77.3 Å². The van der Waals surface area contributed by atoms with Crippen molar-refractivity contribution in [3.05, 3.63) is 170 Å². The first kappa shape index (κ1) is 29.7. The van der Waals surface area contributed by atoms with Gasteiger partial charge in [-0.25, -0.2) is 19.9 Å². The Labute approximate surface area is 299 Å². The van der Waals surface area contributed by atoms with Gasteiger partial charge in [0.15, 0.2) is 17.5 Å². The standard InChI is InChI=1S/C46H28N6/c1-2-10-31-25-33(19-18-29(31)9-1)43-40-27-39(36-14-3-4-15-37(36)42(40)38-16-5-6-17-41(38)49-43)32-11-7-12-34(26-32)45-50-44(30-20-23-47-24-21-30)51-46(52-45)35-13-8-22-48-28-35/h1-28H. The van der Waals surface area contributed by atoms with Crippen molar-refractivity contribution >= 4 is 43.2 Å². The summed E-state index contributed by atoms with van der Waals surface area (Å²) in [6.45, 7) is 0. The monoisotopic (exact) mass is 664 g/mol. The molecule has 6 aromatic carbocycles. The third-order valence-electron chi connectivity index (χ3n) is 9.65. The normalized spacial score (nSPS) is 11.5. The third-order valence-corrected chi connectivity index (χ3v) is 9.65. The maximum absolute atomic E-state index is 5.33. The molecule has 6 nitrogen and oxygen atoms in total. The first-order valence-electron chi connectivity index (χ1n) is 17.2. The highest BCUT2D eigenvalue weighted by Gasteiger charge is 2.18. The van der Waals surface area contributed by atoms with E-state index in [2.05, 4.69) is 131 Å². The maximum atomic E-state index is 5.33. The van der Waals surface area contributed by atoms with Crippen LogP contribution in [0.15, 0.2) is 170 Å². The van der Waals surface area contributed by atoms with E-state index in [0.29, 0.717) is 17.5 Å². The first-order chi connectivity index (χ1) is 25.8. The van der Waals surface area contributed by atoms with Crippen molar-refractivity contribution < 1.29 is 0 Å². The minimum absolute atomic E-state index is 0.560. The van der Waals surface area contributed by atoms with Crippen LogP contribution in [0, 0.1) is 0 Å². The van der Waals surface area contributed by atoms with Crippen LogP contribution in [0.2, 0.25) is 0 Å². The molecule has 0 unspecified atom stereocenters. The Morgan fingerprint density at radius 1 is 0.346 bits per heavy atom. The number of hydrogen-bond acceptors (Lipinski definition) is 6. The van der Waals surface area contributed by atoms with E-state index in [-0.39, 0.29) is 0 Å². The summed E-state index contributed by atoms with van der Waals surface area (Å²) >= 11 is 0. The molecule has 0 bridgehead atoms. The van der Waals surface area contributed by atoms with Crippen LogP contribution in [0.1, 0.15) is 0 Å². The van der Waals surface area contributed by atoms with E-state index >= 15 is 0 Å². The van der Waals surface area contributed by atoms with Crippen molar-refractivity contribution in [2.75, 3.05) is 0 Å². The van der Waals surface area contributed by atoms with Crippen LogP contribution < -0.4 is 0 Å². The van der Waals surface area contributed by atoms with E-state index < -0.39 is 0 Å².